The molecular weight excluding hydrogens is 651 g/mol. The molecule has 0 bridgehead atoms. The van der Waals surface area contributed by atoms with E-state index in [1.807, 2.05) is 11.3 Å². The van der Waals surface area contributed by atoms with Gasteiger partial charge in [-0.15, -0.1) is 11.3 Å². The number of hydrogen-bond acceptors (Lipinski definition) is 3. The first-order valence-corrected chi connectivity index (χ1v) is 18.3. The molecule has 3 aromatic heterocycles. The molecule has 0 spiro atoms. The molecule has 0 radical (unpaired) electrons. The Morgan fingerprint density at radius 3 is 1.73 bits per heavy atom. The molecule has 52 heavy (non-hydrogen) atoms. The number of fused-ring (bicyclic) bond motifs is 4. The second-order valence-corrected chi connectivity index (χ2v) is 14.1. The van der Waals surface area contributed by atoms with Crippen molar-refractivity contribution in [2.24, 2.45) is 0 Å². The fourth-order valence-corrected chi connectivity index (χ4v) is 8.47. The van der Waals surface area contributed by atoms with Gasteiger partial charge in [0.05, 0.1) is 28.1 Å². The van der Waals surface area contributed by atoms with Crippen LogP contribution in [-0.4, -0.2) is 14.5 Å². The molecule has 0 unspecified atom stereocenters. The van der Waals surface area contributed by atoms with E-state index in [1.54, 1.807) is 0 Å². The van der Waals surface area contributed by atoms with E-state index >= 15 is 0 Å². The fourth-order valence-electron chi connectivity index (χ4n) is 7.40. The van der Waals surface area contributed by atoms with Crippen molar-refractivity contribution in [3.05, 3.63) is 188 Å². The Balaban J connectivity index is 1.18. The maximum atomic E-state index is 5.38. The molecule has 0 atom stereocenters. The SMILES string of the molecule is c1ccc(-c2ccccc2-c2cc(-c3ccc(-c4cc5ccccc5s4)cc3)nc(-c3ccccc3-n3c4ccccc4c4ccccc43)n2)cc1. The van der Waals surface area contributed by atoms with Gasteiger partial charge in [-0.2, -0.15) is 0 Å². The number of aromatic nitrogens is 3. The predicted molar refractivity (Wildman–Crippen MR) is 219 cm³/mol. The van der Waals surface area contributed by atoms with Gasteiger partial charge in [0, 0.05) is 37.0 Å². The molecule has 10 rings (SSSR count). The van der Waals surface area contributed by atoms with E-state index in [9.17, 15) is 0 Å². The van der Waals surface area contributed by atoms with Crippen LogP contribution in [0.1, 0.15) is 0 Å². The minimum absolute atomic E-state index is 0.682. The van der Waals surface area contributed by atoms with Crippen LogP contribution in [0.25, 0.3) is 93.0 Å². The Kier molecular flexibility index (Phi) is 7.33. The molecule has 10 aromatic rings. The fraction of sp³-hybridized carbons (Fsp3) is 0. The molecule has 7 aromatic carbocycles. The van der Waals surface area contributed by atoms with Crippen molar-refractivity contribution >= 4 is 43.2 Å². The number of hydrogen-bond donors (Lipinski definition) is 0. The van der Waals surface area contributed by atoms with Crippen LogP contribution in [0.5, 0.6) is 0 Å². The van der Waals surface area contributed by atoms with E-state index in [0.717, 1.165) is 55.9 Å². The molecule has 3 heterocycles. The van der Waals surface area contributed by atoms with Crippen molar-refractivity contribution in [2.45, 2.75) is 0 Å². The number of rotatable bonds is 6. The second-order valence-electron chi connectivity index (χ2n) is 13.0. The van der Waals surface area contributed by atoms with Crippen LogP contribution >= 0.6 is 11.3 Å². The predicted octanol–water partition coefficient (Wildman–Crippen LogP) is 13.1. The smallest absolute Gasteiger partial charge is 0.162 e. The Hall–Kier alpha value is -6.62. The molecule has 0 fully saturated rings. The van der Waals surface area contributed by atoms with Crippen LogP contribution in [0.2, 0.25) is 0 Å². The van der Waals surface area contributed by atoms with Crippen LogP contribution in [0.4, 0.5) is 0 Å². The standard InChI is InChI=1S/C48H31N3S/c1-2-14-32(15-3-1)36-17-5-6-18-37(36)42-31-41(33-26-28-34(29-27-33)47-30-35-16-4-13-25-46(35)52-47)49-48(50-42)40-21-9-12-24-45(40)51-43-22-10-7-19-38(43)39-20-8-11-23-44(39)51/h1-31H. The van der Waals surface area contributed by atoms with Gasteiger partial charge in [0.25, 0.3) is 0 Å². The molecule has 244 valence electrons. The summed E-state index contributed by atoms with van der Waals surface area (Å²) in [4.78, 5) is 12.0. The summed E-state index contributed by atoms with van der Waals surface area (Å²) in [5, 5.41) is 3.72. The molecular formula is C48H31N3S. The zero-order valence-electron chi connectivity index (χ0n) is 28.1. The lowest BCUT2D eigenvalue weighted by atomic mass is 9.96. The minimum Gasteiger partial charge on any atom is -0.309 e. The third kappa shape index (κ3) is 5.20. The molecule has 0 aliphatic carbocycles. The third-order valence-electron chi connectivity index (χ3n) is 9.87. The van der Waals surface area contributed by atoms with E-state index in [2.05, 4.69) is 193 Å². The highest BCUT2D eigenvalue weighted by molar-refractivity contribution is 7.22. The van der Waals surface area contributed by atoms with Crippen LogP contribution in [0.15, 0.2) is 188 Å². The van der Waals surface area contributed by atoms with E-state index < -0.39 is 0 Å². The molecule has 0 saturated heterocycles. The maximum absolute atomic E-state index is 5.38. The lowest BCUT2D eigenvalue weighted by Crippen LogP contribution is -2.01. The molecule has 0 amide bonds. The normalized spacial score (nSPS) is 11.5. The highest BCUT2D eigenvalue weighted by atomic mass is 32.1. The summed E-state index contributed by atoms with van der Waals surface area (Å²) < 4.78 is 3.65. The molecule has 0 N–H and O–H groups in total. The van der Waals surface area contributed by atoms with Crippen molar-refractivity contribution in [3.63, 3.8) is 0 Å². The summed E-state index contributed by atoms with van der Waals surface area (Å²) in [6.45, 7) is 0. The highest BCUT2D eigenvalue weighted by Crippen LogP contribution is 2.39. The number of nitrogens with zero attached hydrogens (tertiary/aromatic N) is 3. The van der Waals surface area contributed by atoms with E-state index in [4.69, 9.17) is 9.97 Å². The topological polar surface area (TPSA) is 30.7 Å². The number of para-hydroxylation sites is 3. The maximum Gasteiger partial charge on any atom is 0.162 e. The average Bonchev–Trinajstić information content (AvgIpc) is 3.81. The lowest BCUT2D eigenvalue weighted by Gasteiger charge is -2.16. The van der Waals surface area contributed by atoms with Gasteiger partial charge in [-0.25, -0.2) is 9.97 Å². The summed E-state index contributed by atoms with van der Waals surface area (Å²) in [7, 11) is 0. The highest BCUT2D eigenvalue weighted by Gasteiger charge is 2.19. The Labute approximate surface area is 305 Å². The van der Waals surface area contributed by atoms with Crippen molar-refractivity contribution in [1.29, 1.82) is 0 Å². The first-order valence-electron chi connectivity index (χ1n) is 17.5. The van der Waals surface area contributed by atoms with Crippen molar-refractivity contribution < 1.29 is 0 Å². The van der Waals surface area contributed by atoms with Gasteiger partial charge in [-0.1, -0.05) is 146 Å². The first kappa shape index (κ1) is 30.2. The summed E-state index contributed by atoms with van der Waals surface area (Å²) in [6, 6.07) is 66.6. The summed E-state index contributed by atoms with van der Waals surface area (Å²) in [6.07, 6.45) is 0. The van der Waals surface area contributed by atoms with Crippen LogP contribution in [-0.2, 0) is 0 Å². The minimum atomic E-state index is 0.682. The van der Waals surface area contributed by atoms with Crippen molar-refractivity contribution in [3.8, 4) is 61.2 Å². The average molecular weight is 682 g/mol. The van der Waals surface area contributed by atoms with Gasteiger partial charge in [0.1, 0.15) is 0 Å². The summed E-state index contributed by atoms with van der Waals surface area (Å²) in [5.74, 6) is 0.682. The number of thiophene rings is 1. The Bertz CT molecular complexity index is 2810. The first-order chi connectivity index (χ1) is 25.8. The van der Waals surface area contributed by atoms with Crippen LogP contribution < -0.4 is 0 Å². The van der Waals surface area contributed by atoms with Crippen LogP contribution in [0.3, 0.4) is 0 Å². The molecule has 0 saturated carbocycles. The van der Waals surface area contributed by atoms with Gasteiger partial charge in [0.2, 0.25) is 0 Å². The van der Waals surface area contributed by atoms with Gasteiger partial charge in [-0.3, -0.25) is 0 Å². The van der Waals surface area contributed by atoms with Gasteiger partial charge >= 0.3 is 0 Å². The zero-order valence-corrected chi connectivity index (χ0v) is 29.0. The van der Waals surface area contributed by atoms with Crippen LogP contribution in [0, 0.1) is 0 Å². The molecule has 0 aliphatic heterocycles. The quantitative estimate of drug-likeness (QED) is 0.175. The van der Waals surface area contributed by atoms with Gasteiger partial charge < -0.3 is 4.57 Å². The monoisotopic (exact) mass is 681 g/mol. The number of benzene rings is 7. The third-order valence-corrected chi connectivity index (χ3v) is 11.0. The van der Waals surface area contributed by atoms with E-state index in [0.29, 0.717) is 5.82 Å². The summed E-state index contributed by atoms with van der Waals surface area (Å²) in [5.41, 5.74) is 11.7. The van der Waals surface area contributed by atoms with E-state index in [-0.39, 0.29) is 0 Å². The molecule has 0 aliphatic rings. The second kappa shape index (κ2) is 12.6. The molecule has 4 heteroatoms. The van der Waals surface area contributed by atoms with Gasteiger partial charge in [0.15, 0.2) is 5.82 Å². The summed E-state index contributed by atoms with van der Waals surface area (Å²) >= 11 is 1.82. The zero-order chi connectivity index (χ0) is 34.4. The lowest BCUT2D eigenvalue weighted by molar-refractivity contribution is 1.14. The Morgan fingerprint density at radius 2 is 0.981 bits per heavy atom. The van der Waals surface area contributed by atoms with Gasteiger partial charge in [-0.05, 0) is 64.5 Å². The van der Waals surface area contributed by atoms with Crippen molar-refractivity contribution in [2.75, 3.05) is 0 Å². The molecule has 3 nitrogen and oxygen atoms in total. The van der Waals surface area contributed by atoms with E-state index in [1.165, 1.54) is 31.3 Å². The largest absolute Gasteiger partial charge is 0.309 e. The Morgan fingerprint density at radius 1 is 0.404 bits per heavy atom. The van der Waals surface area contributed by atoms with Crippen molar-refractivity contribution in [1.82, 2.24) is 14.5 Å².